The van der Waals surface area contributed by atoms with Crippen molar-refractivity contribution in [3.8, 4) is 5.75 Å². The van der Waals surface area contributed by atoms with Crippen molar-refractivity contribution in [1.82, 2.24) is 19.5 Å². The van der Waals surface area contributed by atoms with Gasteiger partial charge in [-0.05, 0) is 18.6 Å². The van der Waals surface area contributed by atoms with E-state index >= 15 is 0 Å². The summed E-state index contributed by atoms with van der Waals surface area (Å²) < 4.78 is 7.07. The summed E-state index contributed by atoms with van der Waals surface area (Å²) in [5.74, 6) is 1.64. The lowest BCUT2D eigenvalue weighted by Crippen LogP contribution is -2.17. The number of fused-ring (bicyclic) bond motifs is 1. The highest BCUT2D eigenvalue weighted by Gasteiger charge is 2.13. The van der Waals surface area contributed by atoms with Gasteiger partial charge >= 0.3 is 0 Å². The number of nitrogens with two attached hydrogens (primary N) is 1. The molecule has 0 spiro atoms. The van der Waals surface area contributed by atoms with E-state index in [4.69, 9.17) is 10.5 Å². The van der Waals surface area contributed by atoms with Crippen molar-refractivity contribution < 1.29 is 9.84 Å². The van der Waals surface area contributed by atoms with Crippen LogP contribution in [0.5, 0.6) is 5.75 Å². The minimum absolute atomic E-state index is 0.353. The Hall–Kier alpha value is -3.07. The van der Waals surface area contributed by atoms with Crippen LogP contribution in [-0.4, -0.2) is 44.4 Å². The molecule has 2 heterocycles. The highest BCUT2D eigenvalue weighted by molar-refractivity contribution is 5.84. The number of ether oxygens (including phenoxy) is 1. The zero-order chi connectivity index (χ0) is 18.7. The summed E-state index contributed by atoms with van der Waals surface area (Å²) in [6, 6.07) is 5.63. The van der Waals surface area contributed by atoms with Gasteiger partial charge in [0.2, 0.25) is 5.95 Å². The Labute approximate surface area is 151 Å². The number of methoxy groups -OCH3 is 1. The predicted molar refractivity (Wildman–Crippen MR) is 101 cm³/mol. The molecule has 2 aromatic heterocycles. The summed E-state index contributed by atoms with van der Waals surface area (Å²) in [5.41, 5.74) is 8.96. The maximum Gasteiger partial charge on any atom is 0.226 e. The van der Waals surface area contributed by atoms with E-state index in [1.807, 2.05) is 29.8 Å². The Balaban J connectivity index is 1.89. The summed E-state index contributed by atoms with van der Waals surface area (Å²) in [7, 11) is 3.45. The highest BCUT2D eigenvalue weighted by atomic mass is 16.5. The Bertz CT molecular complexity index is 908. The van der Waals surface area contributed by atoms with Crippen molar-refractivity contribution in [2.75, 3.05) is 30.0 Å². The van der Waals surface area contributed by atoms with Crippen LogP contribution in [-0.2, 0) is 13.6 Å². The van der Waals surface area contributed by atoms with Crippen LogP contribution in [0, 0.1) is 0 Å². The zero-order valence-electron chi connectivity index (χ0n) is 15.0. The summed E-state index contributed by atoms with van der Waals surface area (Å²) in [4.78, 5) is 13.3. The Kier molecular flexibility index (Phi) is 5.08. The van der Waals surface area contributed by atoms with Crippen molar-refractivity contribution in [2.45, 2.75) is 19.6 Å². The summed E-state index contributed by atoms with van der Waals surface area (Å²) in [5, 5.41) is 15.8. The number of rotatable bonds is 7. The van der Waals surface area contributed by atoms with Crippen molar-refractivity contribution in [3.63, 3.8) is 0 Å². The first-order valence-electron chi connectivity index (χ1n) is 8.25. The van der Waals surface area contributed by atoms with Gasteiger partial charge in [-0.2, -0.15) is 9.97 Å². The number of imidazole rings is 1. The normalized spacial score (nSPS) is 12.2. The number of para-hydroxylation sites is 1. The van der Waals surface area contributed by atoms with Gasteiger partial charge in [0.05, 0.1) is 25.2 Å². The number of nitrogens with one attached hydrogen (secondary N) is 2. The van der Waals surface area contributed by atoms with E-state index in [2.05, 4.69) is 25.6 Å². The Morgan fingerprint density at radius 3 is 2.85 bits per heavy atom. The molecule has 0 saturated heterocycles. The third-order valence-electron chi connectivity index (χ3n) is 3.94. The van der Waals surface area contributed by atoms with E-state index in [0.29, 0.717) is 47.5 Å². The fourth-order valence-corrected chi connectivity index (χ4v) is 2.55. The number of aliphatic hydroxyl groups excluding tert-OH is 1. The second kappa shape index (κ2) is 7.44. The fourth-order valence-electron chi connectivity index (χ4n) is 2.55. The molecule has 3 aromatic rings. The zero-order valence-corrected chi connectivity index (χ0v) is 15.0. The molecule has 0 saturated carbocycles. The number of nitrogens with zero attached hydrogens (tertiary/aromatic N) is 4. The number of benzene rings is 1. The van der Waals surface area contributed by atoms with Gasteiger partial charge in [-0.3, -0.25) is 0 Å². The quantitative estimate of drug-likeness (QED) is 0.467. The molecule has 1 atom stereocenters. The maximum absolute atomic E-state index is 9.47. The lowest BCUT2D eigenvalue weighted by Gasteiger charge is -2.13. The monoisotopic (exact) mass is 357 g/mol. The number of anilines is 3. The van der Waals surface area contributed by atoms with Crippen LogP contribution in [0.25, 0.3) is 11.2 Å². The van der Waals surface area contributed by atoms with Gasteiger partial charge in [0.25, 0.3) is 0 Å². The molecule has 1 unspecified atom stereocenters. The fraction of sp³-hybridized carbons (Fsp3) is 0.353. The van der Waals surface area contributed by atoms with E-state index in [0.717, 1.165) is 5.56 Å². The van der Waals surface area contributed by atoms with Crippen molar-refractivity contribution in [3.05, 3.63) is 30.1 Å². The van der Waals surface area contributed by atoms with Gasteiger partial charge in [0.15, 0.2) is 17.0 Å². The van der Waals surface area contributed by atoms with Gasteiger partial charge in [-0.1, -0.05) is 12.1 Å². The molecule has 0 fully saturated rings. The molecule has 0 aliphatic heterocycles. The SMILES string of the molecule is COc1cccc(CNc2nc(NCC(C)O)nc3c2ncn3C)c1N. The minimum Gasteiger partial charge on any atom is -0.495 e. The topological polar surface area (TPSA) is 123 Å². The van der Waals surface area contributed by atoms with E-state index in [1.54, 1.807) is 20.4 Å². The van der Waals surface area contributed by atoms with Crippen molar-refractivity contribution in [1.29, 1.82) is 0 Å². The molecule has 9 heteroatoms. The van der Waals surface area contributed by atoms with E-state index in [1.165, 1.54) is 0 Å². The van der Waals surface area contributed by atoms with Crippen molar-refractivity contribution in [2.24, 2.45) is 7.05 Å². The smallest absolute Gasteiger partial charge is 0.226 e. The van der Waals surface area contributed by atoms with Crippen LogP contribution < -0.4 is 21.1 Å². The molecule has 0 radical (unpaired) electrons. The number of aryl methyl sites for hydroxylation is 1. The largest absolute Gasteiger partial charge is 0.495 e. The number of nitrogen functional groups attached to an aromatic ring is 1. The van der Waals surface area contributed by atoms with Gasteiger partial charge in [-0.15, -0.1) is 0 Å². The lowest BCUT2D eigenvalue weighted by molar-refractivity contribution is 0.208. The predicted octanol–water partition coefficient (Wildman–Crippen LogP) is 1.36. The van der Waals surface area contributed by atoms with Crippen LogP contribution in [0.4, 0.5) is 17.5 Å². The van der Waals surface area contributed by atoms with Crippen molar-refractivity contribution >= 4 is 28.6 Å². The molecular formula is C17H23N7O2. The molecule has 0 aliphatic rings. The maximum atomic E-state index is 9.47. The molecule has 9 nitrogen and oxygen atoms in total. The molecule has 3 rings (SSSR count). The number of aromatic nitrogens is 4. The lowest BCUT2D eigenvalue weighted by atomic mass is 10.1. The third-order valence-corrected chi connectivity index (χ3v) is 3.94. The molecule has 0 aliphatic carbocycles. The third kappa shape index (κ3) is 3.62. The second-order valence-corrected chi connectivity index (χ2v) is 6.04. The number of aliphatic hydroxyl groups is 1. The van der Waals surface area contributed by atoms with E-state index in [9.17, 15) is 5.11 Å². The molecular weight excluding hydrogens is 334 g/mol. The minimum atomic E-state index is -0.506. The molecule has 5 N–H and O–H groups in total. The van der Waals surface area contributed by atoms with E-state index < -0.39 is 6.10 Å². The molecule has 138 valence electrons. The van der Waals surface area contributed by atoms with Crippen LogP contribution in [0.15, 0.2) is 24.5 Å². The van der Waals surface area contributed by atoms with Gasteiger partial charge in [0.1, 0.15) is 5.75 Å². The number of hydrogen-bond acceptors (Lipinski definition) is 8. The Morgan fingerprint density at radius 1 is 1.31 bits per heavy atom. The second-order valence-electron chi connectivity index (χ2n) is 6.04. The van der Waals surface area contributed by atoms with Crippen LogP contribution in [0.3, 0.4) is 0 Å². The highest BCUT2D eigenvalue weighted by Crippen LogP contribution is 2.26. The molecule has 0 bridgehead atoms. The van der Waals surface area contributed by atoms with E-state index in [-0.39, 0.29) is 0 Å². The summed E-state index contributed by atoms with van der Waals surface area (Å²) in [6.07, 6.45) is 1.18. The van der Waals surface area contributed by atoms with Gasteiger partial charge in [0, 0.05) is 20.1 Å². The standard InChI is InChI=1S/C17H23N7O2/c1-10(25)7-20-17-22-15(14-16(23-17)24(2)9-21-14)19-8-11-5-4-6-12(26-3)13(11)18/h4-6,9-10,25H,7-8,18H2,1-3H3,(H2,19,20,22,23). The van der Waals surface area contributed by atoms with Crippen LogP contribution in [0.1, 0.15) is 12.5 Å². The Morgan fingerprint density at radius 2 is 2.12 bits per heavy atom. The number of hydrogen-bond donors (Lipinski definition) is 4. The van der Waals surface area contributed by atoms with Gasteiger partial charge in [-0.25, -0.2) is 4.98 Å². The first-order valence-corrected chi connectivity index (χ1v) is 8.25. The average molecular weight is 357 g/mol. The van der Waals surface area contributed by atoms with Crippen LogP contribution in [0.2, 0.25) is 0 Å². The van der Waals surface area contributed by atoms with Crippen LogP contribution >= 0.6 is 0 Å². The average Bonchev–Trinajstić information content (AvgIpc) is 3.00. The first-order chi connectivity index (χ1) is 12.5. The molecule has 26 heavy (non-hydrogen) atoms. The molecule has 1 aromatic carbocycles. The summed E-state index contributed by atoms with van der Waals surface area (Å²) >= 11 is 0. The molecule has 0 amide bonds. The van der Waals surface area contributed by atoms with Gasteiger partial charge < -0.3 is 30.8 Å². The summed E-state index contributed by atoms with van der Waals surface area (Å²) in [6.45, 7) is 2.51. The first kappa shape index (κ1) is 17.7.